The highest BCUT2D eigenvalue weighted by Crippen LogP contribution is 2.27. The Balaban J connectivity index is 2.19. The van der Waals surface area contributed by atoms with Crippen LogP contribution in [-0.2, 0) is 9.59 Å². The molecule has 0 unspecified atom stereocenters. The number of anilines is 2. The SMILES string of the molecule is Cc1c(Cl)cccc1NC(=O)C(C)(C)C(=O)Nc1ccccc1C#N. The highest BCUT2D eigenvalue weighted by Gasteiger charge is 2.36. The van der Waals surface area contributed by atoms with Crippen molar-refractivity contribution in [2.45, 2.75) is 20.8 Å². The van der Waals surface area contributed by atoms with E-state index in [2.05, 4.69) is 10.6 Å². The van der Waals surface area contributed by atoms with Gasteiger partial charge in [0.05, 0.1) is 11.3 Å². The van der Waals surface area contributed by atoms with Crippen molar-refractivity contribution in [2.75, 3.05) is 10.6 Å². The summed E-state index contributed by atoms with van der Waals surface area (Å²) in [6.45, 7) is 4.83. The maximum Gasteiger partial charge on any atom is 0.239 e. The van der Waals surface area contributed by atoms with Gasteiger partial charge in [-0.05, 0) is 50.6 Å². The normalized spacial score (nSPS) is 10.7. The van der Waals surface area contributed by atoms with Gasteiger partial charge in [-0.15, -0.1) is 0 Å². The van der Waals surface area contributed by atoms with E-state index in [-0.39, 0.29) is 0 Å². The number of benzene rings is 2. The molecule has 0 aliphatic rings. The Kier molecular flexibility index (Phi) is 5.45. The van der Waals surface area contributed by atoms with Crippen molar-refractivity contribution in [3.63, 3.8) is 0 Å². The van der Waals surface area contributed by atoms with Crippen LogP contribution in [0.1, 0.15) is 25.0 Å². The lowest BCUT2D eigenvalue weighted by molar-refractivity contribution is -0.135. The standard InChI is InChI=1S/C19H18ClN3O2/c1-12-14(20)8-6-10-15(12)22-17(24)19(2,3)18(25)23-16-9-5-4-7-13(16)11-21/h4-10H,1-3H3,(H,22,24)(H,23,25). The van der Waals surface area contributed by atoms with E-state index in [9.17, 15) is 9.59 Å². The van der Waals surface area contributed by atoms with Gasteiger partial charge in [0.25, 0.3) is 0 Å². The molecule has 0 aliphatic carbocycles. The van der Waals surface area contributed by atoms with Crippen LogP contribution >= 0.6 is 11.6 Å². The molecule has 2 aromatic carbocycles. The summed E-state index contributed by atoms with van der Waals surface area (Å²) in [7, 11) is 0. The highest BCUT2D eigenvalue weighted by molar-refractivity contribution is 6.31. The van der Waals surface area contributed by atoms with Crippen molar-refractivity contribution in [2.24, 2.45) is 5.41 Å². The third kappa shape index (κ3) is 3.98. The van der Waals surface area contributed by atoms with Gasteiger partial charge in [-0.2, -0.15) is 5.26 Å². The number of halogens is 1. The van der Waals surface area contributed by atoms with E-state index in [0.717, 1.165) is 5.56 Å². The fraction of sp³-hybridized carbons (Fsp3) is 0.211. The number of carbonyl (C=O) groups is 2. The zero-order valence-electron chi connectivity index (χ0n) is 14.2. The van der Waals surface area contributed by atoms with Crippen molar-refractivity contribution in [1.29, 1.82) is 5.26 Å². The quantitative estimate of drug-likeness (QED) is 0.809. The smallest absolute Gasteiger partial charge is 0.239 e. The summed E-state index contributed by atoms with van der Waals surface area (Å²) >= 11 is 6.05. The Bertz CT molecular complexity index is 869. The molecule has 0 saturated carbocycles. The van der Waals surface area contributed by atoms with Crippen LogP contribution in [0.15, 0.2) is 42.5 Å². The number of nitrogens with one attached hydrogen (secondary N) is 2. The molecule has 0 saturated heterocycles. The lowest BCUT2D eigenvalue weighted by Crippen LogP contribution is -2.41. The molecule has 5 nitrogen and oxygen atoms in total. The minimum atomic E-state index is -1.35. The Labute approximate surface area is 151 Å². The molecule has 128 valence electrons. The van der Waals surface area contributed by atoms with Gasteiger partial charge in [0, 0.05) is 10.7 Å². The van der Waals surface area contributed by atoms with Crippen molar-refractivity contribution in [1.82, 2.24) is 0 Å². The van der Waals surface area contributed by atoms with Gasteiger partial charge in [-0.3, -0.25) is 9.59 Å². The van der Waals surface area contributed by atoms with E-state index < -0.39 is 17.2 Å². The Morgan fingerprint density at radius 2 is 1.56 bits per heavy atom. The summed E-state index contributed by atoms with van der Waals surface area (Å²) < 4.78 is 0. The fourth-order valence-electron chi connectivity index (χ4n) is 2.09. The summed E-state index contributed by atoms with van der Waals surface area (Å²) in [5.74, 6) is -0.975. The topological polar surface area (TPSA) is 82.0 Å². The van der Waals surface area contributed by atoms with Crippen LogP contribution in [0, 0.1) is 23.7 Å². The first-order valence-corrected chi connectivity index (χ1v) is 8.02. The Hall–Kier alpha value is -2.84. The first kappa shape index (κ1) is 18.5. The maximum atomic E-state index is 12.6. The van der Waals surface area contributed by atoms with E-state index in [0.29, 0.717) is 22.0 Å². The number of hydrogen-bond donors (Lipinski definition) is 2. The minimum absolute atomic E-state index is 0.331. The molecule has 0 aromatic heterocycles. The molecule has 0 heterocycles. The highest BCUT2D eigenvalue weighted by atomic mass is 35.5. The van der Waals surface area contributed by atoms with Gasteiger partial charge in [-0.25, -0.2) is 0 Å². The zero-order valence-corrected chi connectivity index (χ0v) is 14.9. The van der Waals surface area contributed by atoms with Crippen molar-refractivity contribution in [3.8, 4) is 6.07 Å². The molecule has 0 atom stereocenters. The first-order chi connectivity index (χ1) is 11.8. The van der Waals surface area contributed by atoms with Gasteiger partial charge in [0.1, 0.15) is 11.5 Å². The number of para-hydroxylation sites is 1. The van der Waals surface area contributed by atoms with Gasteiger partial charge >= 0.3 is 0 Å². The number of nitriles is 1. The average molecular weight is 356 g/mol. The first-order valence-electron chi connectivity index (χ1n) is 7.64. The molecule has 25 heavy (non-hydrogen) atoms. The zero-order chi connectivity index (χ0) is 18.6. The van der Waals surface area contributed by atoms with E-state index in [1.807, 2.05) is 6.07 Å². The van der Waals surface area contributed by atoms with E-state index in [1.165, 1.54) is 13.8 Å². The van der Waals surface area contributed by atoms with E-state index >= 15 is 0 Å². The molecular formula is C19H18ClN3O2. The molecule has 2 N–H and O–H groups in total. The predicted molar refractivity (Wildman–Crippen MR) is 98.4 cm³/mol. The number of nitrogens with zero attached hydrogens (tertiary/aromatic N) is 1. The Morgan fingerprint density at radius 1 is 1.00 bits per heavy atom. The van der Waals surface area contributed by atoms with Crippen LogP contribution in [0.25, 0.3) is 0 Å². The second kappa shape index (κ2) is 7.37. The molecule has 2 rings (SSSR count). The van der Waals surface area contributed by atoms with Crippen molar-refractivity contribution >= 4 is 34.8 Å². The number of amides is 2. The van der Waals surface area contributed by atoms with Crippen LogP contribution in [0.4, 0.5) is 11.4 Å². The van der Waals surface area contributed by atoms with Crippen LogP contribution < -0.4 is 10.6 Å². The number of hydrogen-bond acceptors (Lipinski definition) is 3. The Morgan fingerprint density at radius 3 is 2.20 bits per heavy atom. The van der Waals surface area contributed by atoms with Crippen molar-refractivity contribution < 1.29 is 9.59 Å². The largest absolute Gasteiger partial charge is 0.325 e. The second-order valence-electron chi connectivity index (χ2n) is 6.10. The van der Waals surface area contributed by atoms with Crippen molar-refractivity contribution in [3.05, 3.63) is 58.6 Å². The summed E-state index contributed by atoms with van der Waals surface area (Å²) in [6, 6.07) is 13.8. The molecule has 2 aromatic rings. The average Bonchev–Trinajstić information content (AvgIpc) is 2.59. The minimum Gasteiger partial charge on any atom is -0.325 e. The molecular weight excluding hydrogens is 338 g/mol. The van der Waals surface area contributed by atoms with Gasteiger partial charge in [0.2, 0.25) is 11.8 Å². The van der Waals surface area contributed by atoms with Crippen LogP contribution in [0.3, 0.4) is 0 Å². The molecule has 0 spiro atoms. The van der Waals surface area contributed by atoms with Crippen LogP contribution in [-0.4, -0.2) is 11.8 Å². The summed E-state index contributed by atoms with van der Waals surface area (Å²) in [6.07, 6.45) is 0. The molecule has 2 amide bonds. The van der Waals surface area contributed by atoms with Gasteiger partial charge in [-0.1, -0.05) is 29.8 Å². The van der Waals surface area contributed by atoms with Crippen LogP contribution in [0.5, 0.6) is 0 Å². The molecule has 0 aliphatic heterocycles. The van der Waals surface area contributed by atoms with E-state index in [1.54, 1.807) is 49.4 Å². The lowest BCUT2D eigenvalue weighted by Gasteiger charge is -2.23. The summed E-state index contributed by atoms with van der Waals surface area (Å²) in [5, 5.41) is 15.0. The second-order valence-corrected chi connectivity index (χ2v) is 6.51. The molecule has 0 fully saturated rings. The van der Waals surface area contributed by atoms with E-state index in [4.69, 9.17) is 16.9 Å². The third-order valence-electron chi connectivity index (χ3n) is 3.95. The number of carbonyl (C=O) groups excluding carboxylic acids is 2. The fourth-order valence-corrected chi connectivity index (χ4v) is 2.27. The third-order valence-corrected chi connectivity index (χ3v) is 4.36. The van der Waals surface area contributed by atoms with Crippen LogP contribution in [0.2, 0.25) is 5.02 Å². The maximum absolute atomic E-state index is 12.6. The number of rotatable bonds is 4. The summed E-state index contributed by atoms with van der Waals surface area (Å²) in [4.78, 5) is 25.2. The van der Waals surface area contributed by atoms with Gasteiger partial charge < -0.3 is 10.6 Å². The van der Waals surface area contributed by atoms with Gasteiger partial charge in [0.15, 0.2) is 0 Å². The monoisotopic (exact) mass is 355 g/mol. The molecule has 6 heteroatoms. The predicted octanol–water partition coefficient (Wildman–Crippen LogP) is 4.12. The lowest BCUT2D eigenvalue weighted by atomic mass is 9.90. The molecule has 0 bridgehead atoms. The summed E-state index contributed by atoms with van der Waals surface area (Å²) in [5.41, 5.74) is 0.629. The molecule has 0 radical (unpaired) electrons.